The van der Waals surface area contributed by atoms with E-state index in [0.29, 0.717) is 0 Å². The second-order valence-corrected chi connectivity index (χ2v) is 6.56. The van der Waals surface area contributed by atoms with Crippen molar-refractivity contribution in [2.45, 2.75) is 25.7 Å². The van der Waals surface area contributed by atoms with Gasteiger partial charge in [-0.1, -0.05) is 56.1 Å². The van der Waals surface area contributed by atoms with E-state index in [-0.39, 0.29) is 0 Å². The van der Waals surface area contributed by atoms with Crippen LogP contribution in [0, 0.1) is 0 Å². The van der Waals surface area contributed by atoms with Crippen LogP contribution in [0.1, 0.15) is 22.3 Å². The monoisotopic (exact) mass is 364 g/mol. The van der Waals surface area contributed by atoms with Gasteiger partial charge in [0.25, 0.3) is 0 Å². The Hall–Kier alpha value is -0.600. The van der Waals surface area contributed by atoms with Crippen molar-refractivity contribution in [2.24, 2.45) is 0 Å². The second-order valence-electron chi connectivity index (χ2n) is 4.85. The molecule has 6 rings (SSSR count). The van der Waals surface area contributed by atoms with Crippen LogP contribution in [0.2, 0.25) is 0 Å². The van der Waals surface area contributed by atoms with Gasteiger partial charge in [-0.25, -0.2) is 0 Å². The van der Waals surface area contributed by atoms with Crippen molar-refractivity contribution in [3.05, 3.63) is 67.6 Å². The molecule has 18 heavy (non-hydrogen) atoms. The number of halogens is 2. The summed E-state index contributed by atoms with van der Waals surface area (Å²) >= 11 is 7.40. The zero-order valence-electron chi connectivity index (χ0n) is 10.0. The molecule has 0 atom stereocenters. The zero-order chi connectivity index (χ0) is 12.5. The summed E-state index contributed by atoms with van der Waals surface area (Å²) < 4.78 is 2.49. The molecule has 0 fully saturated rings. The number of aryl methyl sites for hydroxylation is 4. The molecule has 0 radical (unpaired) electrons. The third kappa shape index (κ3) is 2.55. The van der Waals surface area contributed by atoms with Crippen molar-refractivity contribution in [1.82, 2.24) is 0 Å². The molecule has 0 N–H and O–H groups in total. The van der Waals surface area contributed by atoms with E-state index in [0.717, 1.165) is 25.7 Å². The zero-order valence-corrected chi connectivity index (χ0v) is 13.2. The molecule has 0 spiro atoms. The van der Waals surface area contributed by atoms with Crippen molar-refractivity contribution in [1.29, 1.82) is 0 Å². The molecule has 0 saturated carbocycles. The van der Waals surface area contributed by atoms with Gasteiger partial charge in [0, 0.05) is 8.95 Å². The van der Waals surface area contributed by atoms with Crippen LogP contribution in [-0.4, -0.2) is 0 Å². The molecule has 4 aliphatic rings. The van der Waals surface area contributed by atoms with Crippen LogP contribution in [0.5, 0.6) is 0 Å². The first-order valence-corrected chi connectivity index (χ1v) is 7.85. The summed E-state index contributed by atoms with van der Waals surface area (Å²) in [5.41, 5.74) is 5.61. The van der Waals surface area contributed by atoms with Gasteiger partial charge in [0.05, 0.1) is 0 Å². The Balaban J connectivity index is 2.05. The SMILES string of the molecule is Brc1cc2c(Br)cc1CCc1ccc(cc1)CC2. The first-order valence-electron chi connectivity index (χ1n) is 6.27. The third-order valence-electron chi connectivity index (χ3n) is 3.60. The first kappa shape index (κ1) is 12.4. The quantitative estimate of drug-likeness (QED) is 0.609. The van der Waals surface area contributed by atoms with Gasteiger partial charge in [0.15, 0.2) is 0 Å². The van der Waals surface area contributed by atoms with E-state index in [9.17, 15) is 0 Å². The Morgan fingerprint density at radius 1 is 0.611 bits per heavy atom. The molecule has 0 saturated heterocycles. The largest absolute Gasteiger partial charge is 0.0588 e. The lowest BCUT2D eigenvalue weighted by molar-refractivity contribution is 0.912. The van der Waals surface area contributed by atoms with Crippen LogP contribution in [0.25, 0.3) is 0 Å². The summed E-state index contributed by atoms with van der Waals surface area (Å²) in [6.07, 6.45) is 4.37. The lowest BCUT2D eigenvalue weighted by atomic mass is 9.97. The molecule has 2 aromatic rings. The molecule has 2 heteroatoms. The predicted octanol–water partition coefficient (Wildman–Crippen LogP) is 5.10. The van der Waals surface area contributed by atoms with Gasteiger partial charge in [0.2, 0.25) is 0 Å². The normalized spacial score (nSPS) is 14.3. The van der Waals surface area contributed by atoms with Gasteiger partial charge in [-0.15, -0.1) is 0 Å². The number of benzene rings is 2. The highest BCUT2D eigenvalue weighted by Crippen LogP contribution is 2.29. The van der Waals surface area contributed by atoms with E-state index < -0.39 is 0 Å². The summed E-state index contributed by atoms with van der Waals surface area (Å²) in [6, 6.07) is 13.6. The van der Waals surface area contributed by atoms with Gasteiger partial charge >= 0.3 is 0 Å². The third-order valence-corrected chi connectivity index (χ3v) is 5.08. The Morgan fingerprint density at radius 3 is 1.39 bits per heavy atom. The maximum atomic E-state index is 3.70. The fraction of sp³-hybridized carbons (Fsp3) is 0.250. The summed E-state index contributed by atoms with van der Waals surface area (Å²) in [7, 11) is 0. The number of hydrogen-bond acceptors (Lipinski definition) is 0. The number of hydrogen-bond donors (Lipinski definition) is 0. The van der Waals surface area contributed by atoms with E-state index in [1.165, 1.54) is 31.2 Å². The van der Waals surface area contributed by atoms with Gasteiger partial charge in [-0.05, 0) is 60.1 Å². The maximum Gasteiger partial charge on any atom is 0.0210 e. The van der Waals surface area contributed by atoms with Crippen molar-refractivity contribution in [3.8, 4) is 0 Å². The highest BCUT2D eigenvalue weighted by Gasteiger charge is 2.09. The van der Waals surface area contributed by atoms with Crippen molar-refractivity contribution in [3.63, 3.8) is 0 Å². The summed E-state index contributed by atoms with van der Waals surface area (Å²) in [6.45, 7) is 0. The van der Waals surface area contributed by atoms with Gasteiger partial charge in [-0.2, -0.15) is 0 Å². The Labute approximate surface area is 125 Å². The molecule has 0 amide bonds. The second kappa shape index (κ2) is 5.18. The molecular weight excluding hydrogens is 352 g/mol. The molecule has 0 aliphatic heterocycles. The highest BCUT2D eigenvalue weighted by molar-refractivity contribution is 9.11. The Kier molecular flexibility index (Phi) is 3.58. The molecule has 2 aromatic carbocycles. The first-order chi connectivity index (χ1) is 8.72. The summed E-state index contributed by atoms with van der Waals surface area (Å²) in [4.78, 5) is 0. The minimum Gasteiger partial charge on any atom is -0.0588 e. The van der Waals surface area contributed by atoms with Crippen molar-refractivity contribution < 1.29 is 0 Å². The van der Waals surface area contributed by atoms with E-state index >= 15 is 0 Å². The van der Waals surface area contributed by atoms with Crippen LogP contribution in [-0.2, 0) is 25.7 Å². The topological polar surface area (TPSA) is 0 Å². The highest BCUT2D eigenvalue weighted by atomic mass is 79.9. The van der Waals surface area contributed by atoms with E-state index in [1.54, 1.807) is 0 Å². The molecule has 0 heterocycles. The van der Waals surface area contributed by atoms with Gasteiger partial charge < -0.3 is 0 Å². The predicted molar refractivity (Wildman–Crippen MR) is 83.1 cm³/mol. The molecule has 92 valence electrons. The fourth-order valence-electron chi connectivity index (χ4n) is 2.44. The minimum absolute atomic E-state index is 1.08. The molecule has 4 aliphatic carbocycles. The average molecular weight is 366 g/mol. The number of rotatable bonds is 0. The van der Waals surface area contributed by atoms with Gasteiger partial charge in [-0.3, -0.25) is 0 Å². The Morgan fingerprint density at radius 2 is 1.00 bits per heavy atom. The summed E-state index contributed by atoms with van der Waals surface area (Å²) in [5.74, 6) is 0. The lowest BCUT2D eigenvalue weighted by Crippen LogP contribution is -1.99. The average Bonchev–Trinajstić information content (AvgIpc) is 2.37. The van der Waals surface area contributed by atoms with E-state index in [2.05, 4.69) is 68.3 Å². The van der Waals surface area contributed by atoms with Crippen LogP contribution in [0.3, 0.4) is 0 Å². The summed E-state index contributed by atoms with van der Waals surface area (Å²) in [5, 5.41) is 0. The Bertz CT molecular complexity index is 518. The molecule has 0 nitrogen and oxygen atoms in total. The van der Waals surface area contributed by atoms with E-state index in [1.807, 2.05) is 0 Å². The van der Waals surface area contributed by atoms with Crippen LogP contribution in [0.15, 0.2) is 45.3 Å². The maximum absolute atomic E-state index is 3.70. The minimum atomic E-state index is 1.08. The smallest absolute Gasteiger partial charge is 0.0210 e. The fourth-order valence-corrected chi connectivity index (χ4v) is 3.62. The standard InChI is InChI=1S/C16H14Br2/c17-15-10-14-8-6-12-2-1-11(3-4-12)5-7-13(15)9-16(14)18/h1-4,9-10H,5-8H2. The van der Waals surface area contributed by atoms with Crippen LogP contribution >= 0.6 is 31.9 Å². The van der Waals surface area contributed by atoms with Crippen molar-refractivity contribution in [2.75, 3.05) is 0 Å². The molecule has 4 bridgehead atoms. The van der Waals surface area contributed by atoms with Gasteiger partial charge in [0.1, 0.15) is 0 Å². The lowest BCUT2D eigenvalue weighted by Gasteiger charge is -2.13. The van der Waals surface area contributed by atoms with E-state index in [4.69, 9.17) is 0 Å². The molecule has 0 unspecified atom stereocenters. The van der Waals surface area contributed by atoms with Crippen molar-refractivity contribution >= 4 is 31.9 Å². The van der Waals surface area contributed by atoms with Crippen LogP contribution in [0.4, 0.5) is 0 Å². The molecule has 0 aromatic heterocycles. The molecular formula is C16H14Br2. The van der Waals surface area contributed by atoms with Crippen LogP contribution < -0.4 is 0 Å².